The van der Waals surface area contributed by atoms with Crippen molar-refractivity contribution in [2.45, 2.75) is 31.1 Å². The first-order chi connectivity index (χ1) is 8.08. The van der Waals surface area contributed by atoms with Gasteiger partial charge in [-0.05, 0) is 56.3 Å². The molecule has 1 nitrogen and oxygen atoms in total. The molecule has 17 heavy (non-hydrogen) atoms. The Labute approximate surface area is 111 Å². The van der Waals surface area contributed by atoms with Gasteiger partial charge >= 0.3 is 0 Å². The van der Waals surface area contributed by atoms with Crippen molar-refractivity contribution in [3.63, 3.8) is 0 Å². The van der Waals surface area contributed by atoms with Crippen LogP contribution in [-0.2, 0) is 0 Å². The SMILES string of the molecule is CCC(c1cccc(SC)c1)C(C)CN(C)C. The van der Waals surface area contributed by atoms with Crippen molar-refractivity contribution < 1.29 is 0 Å². The second kappa shape index (κ2) is 7.07. The normalized spacial score (nSPS) is 14.9. The van der Waals surface area contributed by atoms with Crippen molar-refractivity contribution in [2.24, 2.45) is 5.92 Å². The highest BCUT2D eigenvalue weighted by atomic mass is 32.2. The number of benzene rings is 1. The molecule has 1 aromatic carbocycles. The molecule has 0 aliphatic rings. The monoisotopic (exact) mass is 251 g/mol. The molecule has 0 N–H and O–H groups in total. The van der Waals surface area contributed by atoms with Gasteiger partial charge in [0.2, 0.25) is 0 Å². The molecule has 0 aliphatic heterocycles. The molecular formula is C15H25NS. The van der Waals surface area contributed by atoms with Crippen LogP contribution in [0.5, 0.6) is 0 Å². The molecule has 1 rings (SSSR count). The molecule has 0 spiro atoms. The van der Waals surface area contributed by atoms with Gasteiger partial charge in [-0.3, -0.25) is 0 Å². The standard InChI is InChI=1S/C15H25NS/c1-6-15(12(2)11-16(3)4)13-8-7-9-14(10-13)17-5/h7-10,12,15H,6,11H2,1-5H3. The summed E-state index contributed by atoms with van der Waals surface area (Å²) in [6.07, 6.45) is 3.36. The van der Waals surface area contributed by atoms with Crippen LogP contribution in [0.1, 0.15) is 31.7 Å². The number of nitrogens with zero attached hydrogens (tertiary/aromatic N) is 1. The van der Waals surface area contributed by atoms with Gasteiger partial charge in [0, 0.05) is 11.4 Å². The third-order valence-electron chi connectivity index (χ3n) is 3.30. The van der Waals surface area contributed by atoms with Crippen LogP contribution in [0.3, 0.4) is 0 Å². The van der Waals surface area contributed by atoms with E-state index in [1.54, 1.807) is 0 Å². The van der Waals surface area contributed by atoms with Gasteiger partial charge in [-0.2, -0.15) is 0 Å². The second-order valence-electron chi connectivity index (χ2n) is 5.03. The first-order valence-corrected chi connectivity index (χ1v) is 7.59. The summed E-state index contributed by atoms with van der Waals surface area (Å²) in [6, 6.07) is 9.01. The van der Waals surface area contributed by atoms with Gasteiger partial charge in [-0.15, -0.1) is 11.8 Å². The fraction of sp³-hybridized carbons (Fsp3) is 0.600. The summed E-state index contributed by atoms with van der Waals surface area (Å²) in [6.45, 7) is 5.81. The fourth-order valence-corrected chi connectivity index (χ4v) is 3.01. The highest BCUT2D eigenvalue weighted by molar-refractivity contribution is 7.98. The molecule has 1 aromatic rings. The van der Waals surface area contributed by atoms with E-state index in [2.05, 4.69) is 63.4 Å². The Morgan fingerprint density at radius 3 is 2.53 bits per heavy atom. The maximum Gasteiger partial charge on any atom is 0.00719 e. The van der Waals surface area contributed by atoms with Crippen molar-refractivity contribution in [1.29, 1.82) is 0 Å². The minimum Gasteiger partial charge on any atom is -0.309 e. The lowest BCUT2D eigenvalue weighted by Gasteiger charge is -2.26. The molecule has 0 radical (unpaired) electrons. The lowest BCUT2D eigenvalue weighted by atomic mass is 9.85. The van der Waals surface area contributed by atoms with Crippen LogP contribution >= 0.6 is 11.8 Å². The third kappa shape index (κ3) is 4.36. The van der Waals surface area contributed by atoms with Crippen molar-refractivity contribution in [3.8, 4) is 0 Å². The van der Waals surface area contributed by atoms with Crippen LogP contribution in [0.25, 0.3) is 0 Å². The Kier molecular flexibility index (Phi) is 6.07. The van der Waals surface area contributed by atoms with E-state index in [4.69, 9.17) is 0 Å². The fourth-order valence-electron chi connectivity index (χ4n) is 2.54. The van der Waals surface area contributed by atoms with Gasteiger partial charge < -0.3 is 4.90 Å². The van der Waals surface area contributed by atoms with Gasteiger partial charge in [0.15, 0.2) is 0 Å². The Hall–Kier alpha value is -0.470. The molecule has 0 aliphatic carbocycles. The summed E-state index contributed by atoms with van der Waals surface area (Å²) >= 11 is 1.83. The van der Waals surface area contributed by atoms with Gasteiger partial charge in [0.05, 0.1) is 0 Å². The van der Waals surface area contributed by atoms with Crippen LogP contribution in [0.2, 0.25) is 0 Å². The molecular weight excluding hydrogens is 226 g/mol. The number of hydrogen-bond donors (Lipinski definition) is 0. The average Bonchev–Trinajstić information content (AvgIpc) is 2.29. The van der Waals surface area contributed by atoms with Gasteiger partial charge in [0.1, 0.15) is 0 Å². The van der Waals surface area contributed by atoms with Crippen molar-refractivity contribution in [1.82, 2.24) is 4.90 Å². The van der Waals surface area contributed by atoms with E-state index in [0.29, 0.717) is 11.8 Å². The molecule has 2 unspecified atom stereocenters. The van der Waals surface area contributed by atoms with E-state index >= 15 is 0 Å². The van der Waals surface area contributed by atoms with Gasteiger partial charge in [0.25, 0.3) is 0 Å². The number of rotatable bonds is 6. The lowest BCUT2D eigenvalue weighted by molar-refractivity contribution is 0.301. The molecule has 0 saturated heterocycles. The maximum atomic E-state index is 2.36. The Balaban J connectivity index is 2.84. The van der Waals surface area contributed by atoms with E-state index in [9.17, 15) is 0 Å². The molecule has 0 amide bonds. The van der Waals surface area contributed by atoms with Crippen molar-refractivity contribution in [2.75, 3.05) is 26.9 Å². The van der Waals surface area contributed by atoms with Crippen LogP contribution in [-0.4, -0.2) is 31.8 Å². The van der Waals surface area contributed by atoms with E-state index in [0.717, 1.165) is 6.54 Å². The zero-order chi connectivity index (χ0) is 12.8. The average molecular weight is 251 g/mol. The second-order valence-corrected chi connectivity index (χ2v) is 5.91. The molecule has 2 atom stereocenters. The van der Waals surface area contributed by atoms with Crippen LogP contribution < -0.4 is 0 Å². The zero-order valence-corrected chi connectivity index (χ0v) is 12.6. The molecule has 0 fully saturated rings. The largest absolute Gasteiger partial charge is 0.309 e. The molecule has 0 bridgehead atoms. The zero-order valence-electron chi connectivity index (χ0n) is 11.7. The maximum absolute atomic E-state index is 2.36. The van der Waals surface area contributed by atoms with E-state index in [1.165, 1.54) is 16.9 Å². The number of thioether (sulfide) groups is 1. The lowest BCUT2D eigenvalue weighted by Crippen LogP contribution is -2.24. The molecule has 2 heteroatoms. The van der Waals surface area contributed by atoms with E-state index < -0.39 is 0 Å². The Morgan fingerprint density at radius 2 is 2.00 bits per heavy atom. The van der Waals surface area contributed by atoms with E-state index in [-0.39, 0.29) is 0 Å². The first-order valence-electron chi connectivity index (χ1n) is 6.37. The molecule has 0 saturated carbocycles. The minimum atomic E-state index is 0.671. The highest BCUT2D eigenvalue weighted by Gasteiger charge is 2.18. The van der Waals surface area contributed by atoms with Crippen molar-refractivity contribution in [3.05, 3.63) is 29.8 Å². The van der Waals surface area contributed by atoms with Gasteiger partial charge in [-0.25, -0.2) is 0 Å². The minimum absolute atomic E-state index is 0.671. The highest BCUT2D eigenvalue weighted by Crippen LogP contribution is 2.30. The predicted molar refractivity (Wildman–Crippen MR) is 79.0 cm³/mol. The summed E-state index contributed by atoms with van der Waals surface area (Å²) in [5, 5.41) is 0. The first kappa shape index (κ1) is 14.6. The summed E-state index contributed by atoms with van der Waals surface area (Å²) in [4.78, 5) is 3.66. The molecule has 0 heterocycles. The third-order valence-corrected chi connectivity index (χ3v) is 4.03. The van der Waals surface area contributed by atoms with Crippen LogP contribution in [0.15, 0.2) is 29.2 Å². The smallest absolute Gasteiger partial charge is 0.00719 e. The van der Waals surface area contributed by atoms with Crippen molar-refractivity contribution >= 4 is 11.8 Å². The summed E-state index contributed by atoms with van der Waals surface area (Å²) in [5.41, 5.74) is 1.49. The van der Waals surface area contributed by atoms with Crippen LogP contribution in [0.4, 0.5) is 0 Å². The van der Waals surface area contributed by atoms with Gasteiger partial charge in [-0.1, -0.05) is 26.0 Å². The Bertz CT molecular complexity index is 335. The molecule has 96 valence electrons. The number of hydrogen-bond acceptors (Lipinski definition) is 2. The Morgan fingerprint density at radius 1 is 1.29 bits per heavy atom. The quantitative estimate of drug-likeness (QED) is 0.700. The summed E-state index contributed by atoms with van der Waals surface area (Å²) in [5.74, 6) is 1.37. The van der Waals surface area contributed by atoms with Crippen LogP contribution in [0, 0.1) is 5.92 Å². The molecule has 0 aromatic heterocycles. The summed E-state index contributed by atoms with van der Waals surface area (Å²) in [7, 11) is 4.31. The predicted octanol–water partition coefficient (Wildman–Crippen LogP) is 4.10. The summed E-state index contributed by atoms with van der Waals surface area (Å²) < 4.78 is 0. The topological polar surface area (TPSA) is 3.24 Å². The van der Waals surface area contributed by atoms with E-state index in [1.807, 2.05) is 11.8 Å².